The lowest BCUT2D eigenvalue weighted by atomic mass is 9.82. The van der Waals surface area contributed by atoms with Crippen LogP contribution in [-0.2, 0) is 4.74 Å². The fourth-order valence-electron chi connectivity index (χ4n) is 3.18. The molecular formula is C15H25ClN4O. The monoisotopic (exact) mass is 312 g/mol. The number of likely N-dealkylation sites (N-methyl/N-ethyl adjacent to an activating group) is 1. The van der Waals surface area contributed by atoms with Gasteiger partial charge in [0, 0.05) is 30.4 Å². The van der Waals surface area contributed by atoms with Crippen molar-refractivity contribution >= 4 is 17.4 Å². The van der Waals surface area contributed by atoms with Crippen molar-refractivity contribution in [2.75, 3.05) is 39.1 Å². The smallest absolute Gasteiger partial charge is 0.128 e. The Balaban J connectivity index is 2.38. The molecule has 2 unspecified atom stereocenters. The van der Waals surface area contributed by atoms with E-state index in [4.69, 9.17) is 22.1 Å². The van der Waals surface area contributed by atoms with Crippen molar-refractivity contribution in [1.29, 1.82) is 0 Å². The molecule has 0 amide bonds. The minimum atomic E-state index is -0.0704. The average molecular weight is 313 g/mol. The average Bonchev–Trinajstić information content (AvgIpc) is 2.52. The van der Waals surface area contributed by atoms with Crippen molar-refractivity contribution in [3.8, 4) is 0 Å². The van der Waals surface area contributed by atoms with Gasteiger partial charge in [-0.05, 0) is 26.5 Å². The molecule has 2 heterocycles. The number of nitrogen functional groups attached to an aromatic ring is 1. The fourth-order valence-corrected chi connectivity index (χ4v) is 3.35. The molecule has 0 bridgehead atoms. The standard InChI is InChI=1S/C15H25ClN4O/c1-4-15(2,20-5-7-21-8-6-20)13(18-3)12-9-11(16)10-19-14(12)17/h9-10,13,18H,4-8H2,1-3H3,(H2,17,19). The van der Waals surface area contributed by atoms with Gasteiger partial charge in [-0.15, -0.1) is 0 Å². The SMILES string of the molecule is CCC(C)(C(NC)c1cc(Cl)cnc1N)N1CCOCC1. The van der Waals surface area contributed by atoms with E-state index in [0.717, 1.165) is 38.3 Å². The summed E-state index contributed by atoms with van der Waals surface area (Å²) in [5.41, 5.74) is 6.98. The van der Waals surface area contributed by atoms with Crippen LogP contribution in [0.1, 0.15) is 31.9 Å². The largest absolute Gasteiger partial charge is 0.383 e. The lowest BCUT2D eigenvalue weighted by molar-refractivity contribution is -0.0318. The van der Waals surface area contributed by atoms with Gasteiger partial charge in [-0.2, -0.15) is 0 Å². The first kappa shape index (κ1) is 16.5. The zero-order valence-electron chi connectivity index (χ0n) is 13.0. The van der Waals surface area contributed by atoms with Crippen molar-refractivity contribution in [3.05, 3.63) is 22.8 Å². The molecule has 1 aliphatic rings. The number of morpholine rings is 1. The summed E-state index contributed by atoms with van der Waals surface area (Å²) in [7, 11) is 1.96. The van der Waals surface area contributed by atoms with Crippen molar-refractivity contribution in [2.24, 2.45) is 0 Å². The highest BCUT2D eigenvalue weighted by Crippen LogP contribution is 2.37. The number of hydrogen-bond acceptors (Lipinski definition) is 5. The second kappa shape index (κ2) is 6.92. The van der Waals surface area contributed by atoms with Gasteiger partial charge in [-0.1, -0.05) is 18.5 Å². The zero-order valence-corrected chi connectivity index (χ0v) is 13.8. The van der Waals surface area contributed by atoms with Crippen LogP contribution in [-0.4, -0.2) is 48.8 Å². The highest BCUT2D eigenvalue weighted by molar-refractivity contribution is 6.30. The van der Waals surface area contributed by atoms with Crippen molar-refractivity contribution in [2.45, 2.75) is 31.8 Å². The molecule has 5 nitrogen and oxygen atoms in total. The van der Waals surface area contributed by atoms with Gasteiger partial charge in [0.25, 0.3) is 0 Å². The maximum absolute atomic E-state index is 6.12. The summed E-state index contributed by atoms with van der Waals surface area (Å²) >= 11 is 6.12. The molecule has 0 spiro atoms. The highest BCUT2D eigenvalue weighted by atomic mass is 35.5. The number of anilines is 1. The van der Waals surface area contributed by atoms with Crippen molar-refractivity contribution in [3.63, 3.8) is 0 Å². The third-order valence-electron chi connectivity index (χ3n) is 4.59. The van der Waals surface area contributed by atoms with Gasteiger partial charge in [0.2, 0.25) is 0 Å². The van der Waals surface area contributed by atoms with Crippen LogP contribution < -0.4 is 11.1 Å². The van der Waals surface area contributed by atoms with Gasteiger partial charge in [0.05, 0.1) is 24.3 Å². The predicted octanol–water partition coefficient (Wildman–Crippen LogP) is 2.08. The van der Waals surface area contributed by atoms with Gasteiger partial charge < -0.3 is 15.8 Å². The Morgan fingerprint density at radius 2 is 2.19 bits per heavy atom. The highest BCUT2D eigenvalue weighted by Gasteiger charge is 2.40. The van der Waals surface area contributed by atoms with E-state index < -0.39 is 0 Å². The summed E-state index contributed by atoms with van der Waals surface area (Å²) in [6.07, 6.45) is 2.58. The van der Waals surface area contributed by atoms with Gasteiger partial charge in [0.1, 0.15) is 5.82 Å². The fraction of sp³-hybridized carbons (Fsp3) is 0.667. The number of rotatable bonds is 5. The number of nitrogens with zero attached hydrogens (tertiary/aromatic N) is 2. The summed E-state index contributed by atoms with van der Waals surface area (Å²) in [6.45, 7) is 7.87. The van der Waals surface area contributed by atoms with Crippen LogP contribution in [0.25, 0.3) is 0 Å². The molecule has 1 aromatic heterocycles. The van der Waals surface area contributed by atoms with E-state index in [9.17, 15) is 0 Å². The third kappa shape index (κ3) is 3.31. The van der Waals surface area contributed by atoms with E-state index in [1.807, 2.05) is 13.1 Å². The van der Waals surface area contributed by atoms with E-state index >= 15 is 0 Å². The van der Waals surface area contributed by atoms with E-state index in [2.05, 4.69) is 29.0 Å². The summed E-state index contributed by atoms with van der Waals surface area (Å²) in [4.78, 5) is 6.67. The lowest BCUT2D eigenvalue weighted by Crippen LogP contribution is -2.57. The molecule has 0 aromatic carbocycles. The Morgan fingerprint density at radius 3 is 2.76 bits per heavy atom. The maximum atomic E-state index is 6.12. The van der Waals surface area contributed by atoms with Gasteiger partial charge >= 0.3 is 0 Å². The van der Waals surface area contributed by atoms with Crippen molar-refractivity contribution < 1.29 is 4.74 Å². The van der Waals surface area contributed by atoms with Crippen LogP contribution in [0.15, 0.2) is 12.3 Å². The molecule has 1 aromatic rings. The summed E-state index contributed by atoms with van der Waals surface area (Å²) < 4.78 is 5.48. The molecule has 1 fully saturated rings. The molecule has 3 N–H and O–H groups in total. The number of hydrogen-bond donors (Lipinski definition) is 2. The first-order valence-corrected chi connectivity index (χ1v) is 7.81. The van der Waals surface area contributed by atoms with E-state index in [0.29, 0.717) is 10.8 Å². The Hall–Kier alpha value is -0.880. The quantitative estimate of drug-likeness (QED) is 0.871. The summed E-state index contributed by atoms with van der Waals surface area (Å²) in [5.74, 6) is 0.534. The third-order valence-corrected chi connectivity index (χ3v) is 4.79. The zero-order chi connectivity index (χ0) is 15.5. The van der Waals surface area contributed by atoms with E-state index in [1.54, 1.807) is 6.20 Å². The van der Waals surface area contributed by atoms with Crippen LogP contribution >= 0.6 is 11.6 Å². The minimum Gasteiger partial charge on any atom is -0.383 e. The lowest BCUT2D eigenvalue weighted by Gasteiger charge is -2.48. The second-order valence-corrected chi connectivity index (χ2v) is 6.10. The summed E-state index contributed by atoms with van der Waals surface area (Å²) in [6, 6.07) is 1.98. The van der Waals surface area contributed by atoms with Crippen LogP contribution in [0.5, 0.6) is 0 Å². The maximum Gasteiger partial charge on any atom is 0.128 e. The molecule has 2 rings (SSSR count). The first-order valence-electron chi connectivity index (χ1n) is 7.44. The molecule has 6 heteroatoms. The predicted molar refractivity (Wildman–Crippen MR) is 86.5 cm³/mol. The molecule has 21 heavy (non-hydrogen) atoms. The minimum absolute atomic E-state index is 0.0619. The molecule has 0 aliphatic carbocycles. The number of pyridine rings is 1. The van der Waals surface area contributed by atoms with Crippen LogP contribution in [0.2, 0.25) is 5.02 Å². The molecule has 1 saturated heterocycles. The number of aromatic nitrogens is 1. The Labute approximate surface area is 131 Å². The number of nitrogens with two attached hydrogens (primary N) is 1. The summed E-state index contributed by atoms with van der Waals surface area (Å²) in [5, 5.41) is 4.03. The molecule has 1 aliphatic heterocycles. The van der Waals surface area contributed by atoms with Crippen LogP contribution in [0, 0.1) is 0 Å². The molecule has 2 atom stereocenters. The number of ether oxygens (including phenoxy) is 1. The molecule has 0 radical (unpaired) electrons. The molecule has 118 valence electrons. The topological polar surface area (TPSA) is 63.4 Å². The normalized spacial score (nSPS) is 21.0. The van der Waals surface area contributed by atoms with Gasteiger partial charge in [-0.25, -0.2) is 4.98 Å². The molecular weight excluding hydrogens is 288 g/mol. The van der Waals surface area contributed by atoms with Gasteiger partial charge in [0.15, 0.2) is 0 Å². The van der Waals surface area contributed by atoms with E-state index in [1.165, 1.54) is 0 Å². The van der Waals surface area contributed by atoms with Crippen LogP contribution in [0.3, 0.4) is 0 Å². The molecule has 0 saturated carbocycles. The van der Waals surface area contributed by atoms with E-state index in [-0.39, 0.29) is 11.6 Å². The van der Waals surface area contributed by atoms with Crippen molar-refractivity contribution in [1.82, 2.24) is 15.2 Å². The Kier molecular flexibility index (Phi) is 5.43. The second-order valence-electron chi connectivity index (χ2n) is 5.66. The van der Waals surface area contributed by atoms with Crippen LogP contribution in [0.4, 0.5) is 5.82 Å². The van der Waals surface area contributed by atoms with Gasteiger partial charge in [-0.3, -0.25) is 4.90 Å². The number of nitrogens with one attached hydrogen (secondary N) is 1. The number of halogens is 1. The Morgan fingerprint density at radius 1 is 1.52 bits per heavy atom. The Bertz CT molecular complexity index is 479. The first-order chi connectivity index (χ1) is 10.0.